The van der Waals surface area contributed by atoms with E-state index in [2.05, 4.69) is 51.9 Å². The molecule has 29 heavy (non-hydrogen) atoms. The number of aromatic nitrogens is 2. The molecule has 0 radical (unpaired) electrons. The van der Waals surface area contributed by atoms with Crippen LogP contribution in [-0.2, 0) is 24.3 Å². The van der Waals surface area contributed by atoms with E-state index in [1.807, 2.05) is 22.6 Å². The van der Waals surface area contributed by atoms with E-state index >= 15 is 0 Å². The summed E-state index contributed by atoms with van der Waals surface area (Å²) < 4.78 is 2.02. The van der Waals surface area contributed by atoms with E-state index < -0.39 is 0 Å². The normalized spacial score (nSPS) is 13.5. The molecule has 158 valence electrons. The minimum atomic E-state index is 0. The van der Waals surface area contributed by atoms with Gasteiger partial charge in [-0.1, -0.05) is 24.3 Å². The van der Waals surface area contributed by atoms with E-state index in [0.29, 0.717) is 12.5 Å². The molecule has 0 unspecified atom stereocenters. The quantitative estimate of drug-likeness (QED) is 0.271. The topological polar surface area (TPSA) is 74.5 Å². The van der Waals surface area contributed by atoms with E-state index in [4.69, 9.17) is 0 Å². The Morgan fingerprint density at radius 2 is 1.97 bits per heavy atom. The van der Waals surface area contributed by atoms with Crippen LogP contribution in [0.1, 0.15) is 28.9 Å². The molecule has 0 fully saturated rings. The van der Waals surface area contributed by atoms with Crippen molar-refractivity contribution in [1.82, 2.24) is 25.3 Å². The molecular weight excluding hydrogens is 479 g/mol. The highest BCUT2D eigenvalue weighted by Crippen LogP contribution is 2.18. The average Bonchev–Trinajstić information content (AvgIpc) is 3.03. The fourth-order valence-electron chi connectivity index (χ4n) is 3.54. The highest BCUT2D eigenvalue weighted by Gasteiger charge is 2.20. The maximum absolute atomic E-state index is 12.6. The smallest absolute Gasteiger partial charge is 0.242 e. The molecule has 1 aromatic carbocycles. The van der Waals surface area contributed by atoms with E-state index in [0.717, 1.165) is 38.2 Å². The number of carbonyl (C=O) groups excluding carboxylic acids is 1. The van der Waals surface area contributed by atoms with Crippen molar-refractivity contribution < 1.29 is 4.79 Å². The fraction of sp³-hybridized carbons (Fsp3) is 0.476. The number of fused-ring (bicyclic) bond motifs is 1. The number of nitrogens with zero attached hydrogens (tertiary/aromatic N) is 4. The number of hydrogen-bond donors (Lipinski definition) is 2. The largest absolute Gasteiger partial charge is 0.356 e. The van der Waals surface area contributed by atoms with Crippen molar-refractivity contribution in [3.05, 3.63) is 52.8 Å². The van der Waals surface area contributed by atoms with Crippen molar-refractivity contribution in [3.8, 4) is 0 Å². The van der Waals surface area contributed by atoms with Crippen LogP contribution >= 0.6 is 24.0 Å². The maximum atomic E-state index is 12.6. The summed E-state index contributed by atoms with van der Waals surface area (Å²) >= 11 is 0. The van der Waals surface area contributed by atoms with E-state index in [1.165, 1.54) is 16.8 Å². The first-order valence-electron chi connectivity index (χ1n) is 9.87. The van der Waals surface area contributed by atoms with E-state index in [1.54, 1.807) is 7.05 Å². The Kier molecular flexibility index (Phi) is 8.94. The molecule has 2 N–H and O–H groups in total. The number of halogens is 1. The summed E-state index contributed by atoms with van der Waals surface area (Å²) in [5.74, 6) is 0.749. The van der Waals surface area contributed by atoms with Crippen LogP contribution < -0.4 is 10.6 Å². The van der Waals surface area contributed by atoms with Crippen molar-refractivity contribution in [3.63, 3.8) is 0 Å². The highest BCUT2D eigenvalue weighted by molar-refractivity contribution is 14.0. The van der Waals surface area contributed by atoms with Gasteiger partial charge in [0, 0.05) is 38.9 Å². The van der Waals surface area contributed by atoms with Gasteiger partial charge >= 0.3 is 0 Å². The summed E-state index contributed by atoms with van der Waals surface area (Å²) in [4.78, 5) is 18.7. The van der Waals surface area contributed by atoms with Crippen molar-refractivity contribution in [2.45, 2.75) is 39.8 Å². The van der Waals surface area contributed by atoms with Crippen LogP contribution in [0.3, 0.4) is 0 Å². The molecule has 0 atom stereocenters. The van der Waals surface area contributed by atoms with Crippen molar-refractivity contribution >= 4 is 35.8 Å². The number of hydrogen-bond acceptors (Lipinski definition) is 3. The number of rotatable bonds is 6. The molecule has 7 nitrogen and oxygen atoms in total. The fourth-order valence-corrected chi connectivity index (χ4v) is 3.54. The van der Waals surface area contributed by atoms with Gasteiger partial charge in [0.1, 0.15) is 0 Å². The lowest BCUT2D eigenvalue weighted by atomic mass is 10.00. The minimum Gasteiger partial charge on any atom is -0.356 e. The molecule has 2 heterocycles. The number of amides is 1. The maximum Gasteiger partial charge on any atom is 0.242 e. The second kappa shape index (κ2) is 11.2. The summed E-state index contributed by atoms with van der Waals surface area (Å²) in [5.41, 5.74) is 4.81. The lowest BCUT2D eigenvalue weighted by molar-refractivity contribution is -0.130. The Morgan fingerprint density at radius 3 is 2.66 bits per heavy atom. The zero-order valence-electron chi connectivity index (χ0n) is 17.4. The van der Waals surface area contributed by atoms with Crippen LogP contribution in [0.5, 0.6) is 0 Å². The summed E-state index contributed by atoms with van der Waals surface area (Å²) in [6.45, 7) is 7.40. The van der Waals surface area contributed by atoms with Gasteiger partial charge in [-0.15, -0.1) is 24.0 Å². The molecule has 2 aromatic rings. The molecule has 0 saturated heterocycles. The number of benzene rings is 1. The summed E-state index contributed by atoms with van der Waals surface area (Å²) in [7, 11) is 1.72. The van der Waals surface area contributed by atoms with Crippen LogP contribution in [0.4, 0.5) is 0 Å². The molecule has 1 aliphatic rings. The first-order chi connectivity index (χ1) is 13.6. The van der Waals surface area contributed by atoms with Crippen LogP contribution in [0, 0.1) is 13.8 Å². The number of guanidine groups is 1. The first kappa shape index (κ1) is 23.2. The molecule has 0 saturated carbocycles. The molecule has 1 aromatic heterocycles. The van der Waals surface area contributed by atoms with Gasteiger partial charge in [0.2, 0.25) is 5.91 Å². The zero-order chi connectivity index (χ0) is 19.9. The van der Waals surface area contributed by atoms with Crippen LogP contribution in [0.2, 0.25) is 0 Å². The molecule has 3 rings (SSSR count). The summed E-state index contributed by atoms with van der Waals surface area (Å²) in [5, 5.41) is 10.9. The number of carbonyl (C=O) groups is 1. The van der Waals surface area contributed by atoms with Gasteiger partial charge in [-0.25, -0.2) is 0 Å². The second-order valence-electron chi connectivity index (χ2n) is 7.19. The van der Waals surface area contributed by atoms with Crippen molar-refractivity contribution in [1.29, 1.82) is 0 Å². The van der Waals surface area contributed by atoms with E-state index in [-0.39, 0.29) is 36.4 Å². The van der Waals surface area contributed by atoms with Gasteiger partial charge in [-0.05, 0) is 43.9 Å². The van der Waals surface area contributed by atoms with Crippen LogP contribution in [0.25, 0.3) is 0 Å². The molecule has 8 heteroatoms. The molecular formula is C21H31IN6O. The Labute approximate surface area is 190 Å². The third-order valence-corrected chi connectivity index (χ3v) is 5.06. The molecule has 0 bridgehead atoms. The predicted molar refractivity (Wildman–Crippen MR) is 127 cm³/mol. The molecule has 0 aliphatic carbocycles. The van der Waals surface area contributed by atoms with E-state index in [9.17, 15) is 4.79 Å². The summed E-state index contributed by atoms with van der Waals surface area (Å²) in [6.07, 6.45) is 1.85. The molecule has 0 spiro atoms. The van der Waals surface area contributed by atoms with Gasteiger partial charge in [0.05, 0.1) is 12.2 Å². The van der Waals surface area contributed by atoms with Gasteiger partial charge in [-0.2, -0.15) is 5.10 Å². The average molecular weight is 510 g/mol. The van der Waals surface area contributed by atoms with Crippen LogP contribution in [-0.4, -0.2) is 53.2 Å². The molecule has 1 aliphatic heterocycles. The third-order valence-electron chi connectivity index (χ3n) is 5.06. The Balaban J connectivity index is 0.00000300. The number of aryl methyl sites for hydroxylation is 3. The predicted octanol–water partition coefficient (Wildman–Crippen LogP) is 2.26. The summed E-state index contributed by atoms with van der Waals surface area (Å²) in [6, 6.07) is 10.4. The van der Waals surface area contributed by atoms with Gasteiger partial charge < -0.3 is 15.5 Å². The van der Waals surface area contributed by atoms with Crippen molar-refractivity contribution in [2.24, 2.45) is 4.99 Å². The lowest BCUT2D eigenvalue weighted by Crippen LogP contribution is -2.46. The van der Waals surface area contributed by atoms with Crippen LogP contribution in [0.15, 0.2) is 35.3 Å². The molecule has 1 amide bonds. The Bertz CT molecular complexity index is 847. The lowest BCUT2D eigenvalue weighted by Gasteiger charge is -2.29. The highest BCUT2D eigenvalue weighted by atomic mass is 127. The van der Waals surface area contributed by atoms with Gasteiger partial charge in [0.15, 0.2) is 5.96 Å². The first-order valence-corrected chi connectivity index (χ1v) is 9.87. The standard InChI is InChI=1S/C21H30N6O.HI/c1-16-13-17(2)27(25-16)11-6-10-23-21(22-3)24-14-20(28)26-12-9-18-7-4-5-8-19(18)15-26;/h4-5,7-8,13H,6,9-12,14-15H2,1-3H3,(H2,22,23,24);1H. The zero-order valence-corrected chi connectivity index (χ0v) is 19.8. The minimum absolute atomic E-state index is 0. The van der Waals surface area contributed by atoms with Crippen molar-refractivity contribution in [2.75, 3.05) is 26.7 Å². The van der Waals surface area contributed by atoms with Gasteiger partial charge in [-0.3, -0.25) is 14.5 Å². The second-order valence-corrected chi connectivity index (χ2v) is 7.19. The monoisotopic (exact) mass is 510 g/mol. The Morgan fingerprint density at radius 1 is 1.21 bits per heavy atom. The Hall–Kier alpha value is -2.10. The number of aliphatic imine (C=N–C) groups is 1. The number of nitrogens with one attached hydrogen (secondary N) is 2. The third kappa shape index (κ3) is 6.45. The van der Waals surface area contributed by atoms with Gasteiger partial charge in [0.25, 0.3) is 0 Å². The SMILES string of the molecule is CN=C(NCCCn1nc(C)cc1C)NCC(=O)N1CCc2ccccc2C1.I.